The highest BCUT2D eigenvalue weighted by Gasteiger charge is 2.34. The normalized spacial score (nSPS) is 16.6. The summed E-state index contributed by atoms with van der Waals surface area (Å²) < 4.78 is 38.0. The fourth-order valence-electron chi connectivity index (χ4n) is 4.69. The Morgan fingerprint density at radius 3 is 2.60 bits per heavy atom. The standard InChI is InChI=1S/C30H27F2N3O5/c1-17(13-19-7-9-22(31)23(32)14-19)29(37)34-28-30(38)35(12-11-18(2)36)24-6-4-3-5-21(24)27(33-28)20-8-10-25-26(15-20)40-16-39-25/h3-10,14-15,17,28H,11-13,16H2,1-2H3,(H,34,37)/t17-,28+/m0/s1. The van der Waals surface area contributed by atoms with Crippen molar-refractivity contribution in [3.05, 3.63) is 89.0 Å². The fraction of sp³-hybridized carbons (Fsp3) is 0.267. The highest BCUT2D eigenvalue weighted by molar-refractivity contribution is 6.20. The van der Waals surface area contributed by atoms with Crippen molar-refractivity contribution >= 4 is 29.0 Å². The molecule has 2 atom stereocenters. The van der Waals surface area contributed by atoms with E-state index >= 15 is 0 Å². The van der Waals surface area contributed by atoms with Crippen LogP contribution in [0.5, 0.6) is 11.5 Å². The maximum atomic E-state index is 13.8. The van der Waals surface area contributed by atoms with Gasteiger partial charge in [-0.05, 0) is 55.3 Å². The number of fused-ring (bicyclic) bond motifs is 2. The molecular weight excluding hydrogens is 520 g/mol. The van der Waals surface area contributed by atoms with Crippen LogP contribution >= 0.6 is 0 Å². The van der Waals surface area contributed by atoms with Crippen molar-refractivity contribution in [1.82, 2.24) is 5.32 Å². The van der Waals surface area contributed by atoms with Gasteiger partial charge < -0.3 is 19.7 Å². The van der Waals surface area contributed by atoms with E-state index in [1.807, 2.05) is 12.1 Å². The predicted molar refractivity (Wildman–Crippen MR) is 143 cm³/mol. The third-order valence-electron chi connectivity index (χ3n) is 6.79. The molecule has 2 amide bonds. The van der Waals surface area contributed by atoms with Gasteiger partial charge >= 0.3 is 0 Å². The number of carbonyl (C=O) groups is 3. The number of nitrogens with zero attached hydrogens (tertiary/aromatic N) is 2. The molecule has 206 valence electrons. The molecule has 2 heterocycles. The number of para-hydroxylation sites is 1. The van der Waals surface area contributed by atoms with E-state index in [9.17, 15) is 23.2 Å². The molecule has 0 bridgehead atoms. The van der Waals surface area contributed by atoms with Gasteiger partial charge in [-0.3, -0.25) is 14.4 Å². The molecule has 3 aromatic rings. The summed E-state index contributed by atoms with van der Waals surface area (Å²) in [5, 5.41) is 2.73. The zero-order valence-electron chi connectivity index (χ0n) is 21.9. The number of nitrogens with one attached hydrogen (secondary N) is 1. The topological polar surface area (TPSA) is 97.3 Å². The van der Waals surface area contributed by atoms with Crippen molar-refractivity contribution in [2.45, 2.75) is 32.9 Å². The van der Waals surface area contributed by atoms with Gasteiger partial charge in [0, 0.05) is 30.0 Å². The van der Waals surface area contributed by atoms with E-state index in [0.29, 0.717) is 39.6 Å². The van der Waals surface area contributed by atoms with E-state index in [1.54, 1.807) is 37.3 Å². The van der Waals surface area contributed by atoms with E-state index in [2.05, 4.69) is 5.32 Å². The molecule has 0 aliphatic carbocycles. The molecule has 10 heteroatoms. The number of hydrogen-bond acceptors (Lipinski definition) is 6. The molecule has 5 rings (SSSR count). The molecule has 2 aliphatic heterocycles. The first-order valence-electron chi connectivity index (χ1n) is 12.8. The molecule has 8 nitrogen and oxygen atoms in total. The predicted octanol–water partition coefficient (Wildman–Crippen LogP) is 4.18. The highest BCUT2D eigenvalue weighted by atomic mass is 19.2. The molecule has 0 spiro atoms. The van der Waals surface area contributed by atoms with Crippen molar-refractivity contribution in [2.24, 2.45) is 10.9 Å². The van der Waals surface area contributed by atoms with Crippen molar-refractivity contribution in [2.75, 3.05) is 18.2 Å². The summed E-state index contributed by atoms with van der Waals surface area (Å²) in [7, 11) is 0. The quantitative estimate of drug-likeness (QED) is 0.457. The first-order chi connectivity index (χ1) is 19.2. The second-order valence-corrected chi connectivity index (χ2v) is 9.77. The van der Waals surface area contributed by atoms with Crippen LogP contribution in [0.3, 0.4) is 0 Å². The Morgan fingerprint density at radius 2 is 1.82 bits per heavy atom. The molecule has 3 aromatic carbocycles. The van der Waals surface area contributed by atoms with Crippen LogP contribution in [0.1, 0.15) is 37.0 Å². The van der Waals surface area contributed by atoms with Crippen LogP contribution in [0, 0.1) is 17.6 Å². The summed E-state index contributed by atoms with van der Waals surface area (Å²) in [6.07, 6.45) is -1.07. The number of carbonyl (C=O) groups excluding carboxylic acids is 3. The minimum atomic E-state index is -1.31. The van der Waals surface area contributed by atoms with Gasteiger partial charge in [-0.2, -0.15) is 0 Å². The van der Waals surface area contributed by atoms with Gasteiger partial charge in [0.1, 0.15) is 5.78 Å². The Kier molecular flexibility index (Phi) is 7.59. The smallest absolute Gasteiger partial charge is 0.272 e. The van der Waals surface area contributed by atoms with E-state index < -0.39 is 35.5 Å². The number of benzodiazepines with no additional fused rings is 1. The van der Waals surface area contributed by atoms with Crippen molar-refractivity contribution in [3.63, 3.8) is 0 Å². The minimum absolute atomic E-state index is 0.0906. The molecule has 0 saturated carbocycles. The second kappa shape index (κ2) is 11.3. The number of benzene rings is 3. The van der Waals surface area contributed by atoms with E-state index in [0.717, 1.165) is 12.1 Å². The van der Waals surface area contributed by atoms with Gasteiger partial charge in [-0.15, -0.1) is 0 Å². The SMILES string of the molecule is CC(=O)CCN1C(=O)[C@@H](NC(=O)[C@@H](C)Cc2ccc(F)c(F)c2)N=C(c2ccc3c(c2)OCO3)c2ccccc21. The molecule has 2 aliphatic rings. The number of aliphatic imine (C=N–C) groups is 1. The maximum Gasteiger partial charge on any atom is 0.272 e. The molecular formula is C30H27F2N3O5. The lowest BCUT2D eigenvalue weighted by Crippen LogP contribution is -2.49. The lowest BCUT2D eigenvalue weighted by atomic mass is 9.99. The minimum Gasteiger partial charge on any atom is -0.454 e. The third kappa shape index (κ3) is 5.56. The zero-order chi connectivity index (χ0) is 28.4. The summed E-state index contributed by atoms with van der Waals surface area (Å²) in [6, 6.07) is 16.0. The van der Waals surface area contributed by atoms with Gasteiger partial charge in [0.15, 0.2) is 23.1 Å². The molecule has 40 heavy (non-hydrogen) atoms. The van der Waals surface area contributed by atoms with Crippen molar-refractivity contribution in [1.29, 1.82) is 0 Å². The molecule has 1 N–H and O–H groups in total. The summed E-state index contributed by atoms with van der Waals surface area (Å²) >= 11 is 0. The van der Waals surface area contributed by atoms with Gasteiger partial charge in [-0.25, -0.2) is 13.8 Å². The number of ketones is 1. The third-order valence-corrected chi connectivity index (χ3v) is 6.79. The average molecular weight is 548 g/mol. The summed E-state index contributed by atoms with van der Waals surface area (Å²) in [4.78, 5) is 45.1. The maximum absolute atomic E-state index is 13.8. The number of rotatable bonds is 8. The van der Waals surface area contributed by atoms with E-state index in [4.69, 9.17) is 14.5 Å². The Balaban J connectivity index is 1.50. The summed E-state index contributed by atoms with van der Waals surface area (Å²) in [5.41, 5.74) is 2.73. The summed E-state index contributed by atoms with van der Waals surface area (Å²) in [5.74, 6) is -2.62. The van der Waals surface area contributed by atoms with Gasteiger partial charge in [0.25, 0.3) is 5.91 Å². The Bertz CT molecular complexity index is 1520. The Labute approximate surface area is 229 Å². The van der Waals surface area contributed by atoms with Crippen LogP contribution in [0.15, 0.2) is 65.7 Å². The van der Waals surface area contributed by atoms with Crippen molar-refractivity contribution in [3.8, 4) is 11.5 Å². The van der Waals surface area contributed by atoms with Gasteiger partial charge in [0.2, 0.25) is 18.9 Å². The number of amides is 2. The van der Waals surface area contributed by atoms with E-state index in [-0.39, 0.29) is 32.0 Å². The van der Waals surface area contributed by atoms with E-state index in [1.165, 1.54) is 17.9 Å². The number of ether oxygens (including phenoxy) is 2. The lowest BCUT2D eigenvalue weighted by Gasteiger charge is -2.25. The van der Waals surface area contributed by atoms with Crippen LogP contribution in [0.4, 0.5) is 14.5 Å². The van der Waals surface area contributed by atoms with Crippen LogP contribution in [-0.2, 0) is 20.8 Å². The average Bonchev–Trinajstić information content (AvgIpc) is 3.37. The molecule has 0 unspecified atom stereocenters. The monoisotopic (exact) mass is 547 g/mol. The van der Waals surface area contributed by atoms with Crippen LogP contribution in [-0.4, -0.2) is 42.8 Å². The molecule has 0 aromatic heterocycles. The van der Waals surface area contributed by atoms with Crippen LogP contribution in [0.25, 0.3) is 0 Å². The van der Waals surface area contributed by atoms with Gasteiger partial charge in [0.05, 0.1) is 11.4 Å². The van der Waals surface area contributed by atoms with Crippen molar-refractivity contribution < 1.29 is 32.6 Å². The second-order valence-electron chi connectivity index (χ2n) is 9.77. The molecule has 0 fully saturated rings. The number of anilines is 1. The lowest BCUT2D eigenvalue weighted by molar-refractivity contribution is -0.129. The Hall–Kier alpha value is -4.60. The largest absolute Gasteiger partial charge is 0.454 e. The molecule has 0 radical (unpaired) electrons. The number of hydrogen-bond donors (Lipinski definition) is 1. The van der Waals surface area contributed by atoms with Gasteiger partial charge in [-0.1, -0.05) is 31.2 Å². The zero-order valence-corrected chi connectivity index (χ0v) is 21.9. The summed E-state index contributed by atoms with van der Waals surface area (Å²) in [6.45, 7) is 3.27. The number of halogens is 2. The van der Waals surface area contributed by atoms with Crippen LogP contribution < -0.4 is 19.7 Å². The first-order valence-corrected chi connectivity index (χ1v) is 12.8. The highest BCUT2D eigenvalue weighted by Crippen LogP contribution is 2.35. The molecule has 0 saturated heterocycles. The fourth-order valence-corrected chi connectivity index (χ4v) is 4.69. The first kappa shape index (κ1) is 27.0. The Morgan fingerprint density at radius 1 is 1.05 bits per heavy atom. The van der Waals surface area contributed by atoms with Crippen LogP contribution in [0.2, 0.25) is 0 Å². The number of Topliss-reactive ketones (excluding diaryl/α,β-unsaturated/α-hetero) is 1.